The van der Waals surface area contributed by atoms with Crippen molar-refractivity contribution >= 4 is 0 Å². The van der Waals surface area contributed by atoms with Crippen LogP contribution in [0.15, 0.2) is 11.6 Å². The first-order chi connectivity index (χ1) is 31.3. The second-order valence-electron chi connectivity index (χ2n) is 23.1. The van der Waals surface area contributed by atoms with Gasteiger partial charge in [0, 0.05) is 0 Å². The molecule has 4 aliphatic carbocycles. The van der Waals surface area contributed by atoms with Crippen LogP contribution in [0.4, 0.5) is 0 Å². The summed E-state index contributed by atoms with van der Waals surface area (Å²) in [5.41, 5.74) is -2.23. The van der Waals surface area contributed by atoms with Crippen LogP contribution in [0.2, 0.25) is 0 Å². The molecule has 0 aromatic carbocycles. The van der Waals surface area contributed by atoms with E-state index in [0.29, 0.717) is 51.4 Å². The smallest absolute Gasteiger partial charge is 0.187 e. The van der Waals surface area contributed by atoms with E-state index in [2.05, 4.69) is 26.8 Å². The molecule has 67 heavy (non-hydrogen) atoms. The summed E-state index contributed by atoms with van der Waals surface area (Å²) in [6.45, 7) is 14.6. The Balaban J connectivity index is 1.15. The first kappa shape index (κ1) is 53.8. The summed E-state index contributed by atoms with van der Waals surface area (Å²) in [5.74, 6) is -1.02. The average Bonchev–Trinajstić information content (AvgIpc) is 3.65. The Hall–Kier alpha value is -1.02. The third-order valence-corrected chi connectivity index (χ3v) is 18.7. The van der Waals surface area contributed by atoms with Crippen molar-refractivity contribution in [2.24, 2.45) is 45.3 Å². The van der Waals surface area contributed by atoms with Crippen molar-refractivity contribution in [3.8, 4) is 0 Å². The summed E-state index contributed by atoms with van der Waals surface area (Å²) in [6.07, 6.45) is -19.2. The van der Waals surface area contributed by atoms with Crippen LogP contribution < -0.4 is 0 Å². The van der Waals surface area contributed by atoms with Gasteiger partial charge in [0.05, 0.1) is 43.7 Å². The first-order valence-electron chi connectivity index (χ1n) is 24.5. The van der Waals surface area contributed by atoms with Crippen molar-refractivity contribution in [1.82, 2.24) is 0 Å². The number of allylic oxidation sites excluding steroid dienone is 2. The SMILES string of the molecule is CC(C)=CCC[C@](C)(O[C@@H]1O[C@H](CO)[C@@H](O)[C@@H](O)[C@H]1O)[C@H]1CC[C@]2(C)[C@@H]1[C@H](O)C[C@@H]1[C@@]3(C)CC[C@H](O[C@@H]4O[C@H](CO)[C@@H](O)[C@@H](O)[C@H]4O[C@@H]4O[C@H](CO)[C@@H](O)[C@@H](O)[C@H]4O)C(C)(C)[C@@H]3[C@@H](O)C[C@]12C. The number of hydrogen-bond acceptors (Lipinski definition) is 19. The second-order valence-corrected chi connectivity index (χ2v) is 23.1. The maximum Gasteiger partial charge on any atom is 0.187 e. The average molecular weight is 963 g/mol. The lowest BCUT2D eigenvalue weighted by atomic mass is 9.34. The van der Waals surface area contributed by atoms with Gasteiger partial charge in [0.1, 0.15) is 73.2 Å². The lowest BCUT2D eigenvalue weighted by molar-refractivity contribution is -0.380. The monoisotopic (exact) mass is 963 g/mol. The Bertz CT molecular complexity index is 1710. The standard InChI is InChI=1S/C48H82O19/c1-21(2)10-9-13-48(8,67-42-38(61)35(58)32(55)26(19-50)63-42)22-11-15-46(6)30(22)23(52)16-28-45(5)14-12-29(44(3,4)40(45)24(53)17-47(28,46)7)65-43-39(36(59)33(56)27(20-51)64-43)66-41-37(60)34(57)31(54)25(18-49)62-41/h10,22-43,49-61H,9,11-20H2,1-8H3/t22-,23+,24-,25+,26+,27+,28+,29-,30-,31+,32+,33+,34+,35+,36+,37+,38+,39+,40-,41-,42-,43-,45+,46+,47+,48-/m0/s1. The van der Waals surface area contributed by atoms with Gasteiger partial charge in [0.15, 0.2) is 18.9 Å². The Morgan fingerprint density at radius 1 is 0.627 bits per heavy atom. The fourth-order valence-corrected chi connectivity index (χ4v) is 15.1. The highest BCUT2D eigenvalue weighted by Crippen LogP contribution is 2.76. The van der Waals surface area contributed by atoms with Gasteiger partial charge >= 0.3 is 0 Å². The van der Waals surface area contributed by atoms with Crippen LogP contribution in [0.1, 0.15) is 107 Å². The topological polar surface area (TPSA) is 318 Å². The van der Waals surface area contributed by atoms with Crippen molar-refractivity contribution in [2.45, 2.75) is 223 Å². The summed E-state index contributed by atoms with van der Waals surface area (Å²) < 4.78 is 37.0. The molecule has 0 amide bonds. The summed E-state index contributed by atoms with van der Waals surface area (Å²) in [5, 5.41) is 142. The van der Waals surface area contributed by atoms with E-state index in [4.69, 9.17) is 28.4 Å². The molecule has 19 nitrogen and oxygen atoms in total. The van der Waals surface area contributed by atoms with Crippen molar-refractivity contribution in [1.29, 1.82) is 0 Å². The number of ether oxygens (including phenoxy) is 6. The van der Waals surface area contributed by atoms with Gasteiger partial charge in [-0.3, -0.25) is 0 Å². The molecule has 3 saturated heterocycles. The maximum atomic E-state index is 12.7. The van der Waals surface area contributed by atoms with E-state index in [1.807, 2.05) is 34.6 Å². The van der Waals surface area contributed by atoms with Crippen LogP contribution in [-0.2, 0) is 28.4 Å². The quantitative estimate of drug-likeness (QED) is 0.0773. The maximum absolute atomic E-state index is 12.7. The second kappa shape index (κ2) is 19.8. The van der Waals surface area contributed by atoms with E-state index in [1.165, 1.54) is 0 Å². The van der Waals surface area contributed by atoms with Crippen LogP contribution >= 0.6 is 0 Å². The molecule has 4 saturated carbocycles. The Labute approximate surface area is 393 Å². The zero-order chi connectivity index (χ0) is 49.5. The van der Waals surface area contributed by atoms with Crippen LogP contribution in [0, 0.1) is 45.3 Å². The summed E-state index contributed by atoms with van der Waals surface area (Å²) >= 11 is 0. The molecule has 0 aromatic heterocycles. The van der Waals surface area contributed by atoms with E-state index in [1.54, 1.807) is 0 Å². The molecule has 19 heteroatoms. The van der Waals surface area contributed by atoms with Gasteiger partial charge in [-0.2, -0.15) is 0 Å². The number of aliphatic hydroxyl groups is 13. The zero-order valence-electron chi connectivity index (χ0n) is 40.3. The minimum absolute atomic E-state index is 0.0733. The molecule has 3 aliphatic heterocycles. The molecular formula is C48H82O19. The van der Waals surface area contributed by atoms with E-state index < -0.39 is 158 Å². The molecule has 7 rings (SSSR count). The van der Waals surface area contributed by atoms with Crippen LogP contribution in [-0.4, -0.2) is 202 Å². The van der Waals surface area contributed by atoms with E-state index >= 15 is 0 Å². The fraction of sp³-hybridized carbons (Fsp3) is 0.958. The molecule has 0 radical (unpaired) electrons. The lowest BCUT2D eigenvalue weighted by Crippen LogP contribution is -2.70. The van der Waals surface area contributed by atoms with Crippen LogP contribution in [0.5, 0.6) is 0 Å². The zero-order valence-corrected chi connectivity index (χ0v) is 40.3. The third kappa shape index (κ3) is 9.03. The summed E-state index contributed by atoms with van der Waals surface area (Å²) in [4.78, 5) is 0. The van der Waals surface area contributed by atoms with Gasteiger partial charge in [-0.15, -0.1) is 0 Å². The highest BCUT2D eigenvalue weighted by Gasteiger charge is 2.74. The van der Waals surface area contributed by atoms with E-state index in [-0.39, 0.29) is 23.7 Å². The predicted molar refractivity (Wildman–Crippen MR) is 235 cm³/mol. The minimum atomic E-state index is -1.83. The highest BCUT2D eigenvalue weighted by molar-refractivity contribution is 5.22. The Morgan fingerprint density at radius 2 is 1.16 bits per heavy atom. The van der Waals surface area contributed by atoms with Gasteiger partial charge in [0.2, 0.25) is 0 Å². The number of fused-ring (bicyclic) bond motifs is 5. The van der Waals surface area contributed by atoms with Crippen molar-refractivity contribution in [3.63, 3.8) is 0 Å². The minimum Gasteiger partial charge on any atom is -0.394 e. The van der Waals surface area contributed by atoms with Crippen molar-refractivity contribution < 1.29 is 94.8 Å². The Morgan fingerprint density at radius 3 is 1.73 bits per heavy atom. The summed E-state index contributed by atoms with van der Waals surface area (Å²) in [6, 6.07) is 0. The van der Waals surface area contributed by atoms with Gasteiger partial charge in [-0.05, 0) is 117 Å². The molecule has 26 atom stereocenters. The molecular weight excluding hydrogens is 881 g/mol. The highest BCUT2D eigenvalue weighted by atomic mass is 16.8. The van der Waals surface area contributed by atoms with Crippen molar-refractivity contribution in [2.75, 3.05) is 19.8 Å². The number of aliphatic hydroxyl groups excluding tert-OH is 13. The normalized spacial score (nSPS) is 52.9. The van der Waals surface area contributed by atoms with Crippen LogP contribution in [0.25, 0.3) is 0 Å². The van der Waals surface area contributed by atoms with Gasteiger partial charge in [-0.25, -0.2) is 0 Å². The molecule has 388 valence electrons. The molecule has 0 bridgehead atoms. The Kier molecular flexibility index (Phi) is 15.9. The molecule has 7 aliphatic rings. The first-order valence-corrected chi connectivity index (χ1v) is 24.5. The molecule has 7 fully saturated rings. The summed E-state index contributed by atoms with van der Waals surface area (Å²) in [7, 11) is 0. The molecule has 3 heterocycles. The van der Waals surface area contributed by atoms with Gasteiger partial charge in [-0.1, -0.05) is 46.3 Å². The van der Waals surface area contributed by atoms with Crippen molar-refractivity contribution in [3.05, 3.63) is 11.6 Å². The molecule has 0 spiro atoms. The lowest BCUT2D eigenvalue weighted by Gasteiger charge is -2.71. The van der Waals surface area contributed by atoms with Gasteiger partial charge in [0.25, 0.3) is 0 Å². The molecule has 0 unspecified atom stereocenters. The van der Waals surface area contributed by atoms with E-state index in [0.717, 1.165) is 5.57 Å². The molecule has 13 N–H and O–H groups in total. The predicted octanol–water partition coefficient (Wildman–Crippen LogP) is -1.06. The van der Waals surface area contributed by atoms with Crippen LogP contribution in [0.3, 0.4) is 0 Å². The fourth-order valence-electron chi connectivity index (χ4n) is 15.1. The number of hydrogen-bond donors (Lipinski definition) is 13. The largest absolute Gasteiger partial charge is 0.394 e. The van der Waals surface area contributed by atoms with Gasteiger partial charge < -0.3 is 94.8 Å². The molecule has 0 aromatic rings. The van der Waals surface area contributed by atoms with E-state index in [9.17, 15) is 66.4 Å². The number of rotatable bonds is 13. The third-order valence-electron chi connectivity index (χ3n) is 18.7.